The fourth-order valence-electron chi connectivity index (χ4n) is 1.23. The first-order chi connectivity index (χ1) is 6.83. The highest BCUT2D eigenvalue weighted by Crippen LogP contribution is 1.97. The highest BCUT2D eigenvalue weighted by molar-refractivity contribution is 5.85. The van der Waals surface area contributed by atoms with Gasteiger partial charge in [-0.1, -0.05) is 30.3 Å². The van der Waals surface area contributed by atoms with Gasteiger partial charge in [0, 0.05) is 13.1 Å². The van der Waals surface area contributed by atoms with E-state index in [2.05, 4.69) is 17.4 Å². The molecule has 0 saturated heterocycles. The summed E-state index contributed by atoms with van der Waals surface area (Å²) < 4.78 is 0. The molecule has 4 N–H and O–H groups in total. The molecular formula is C11H19ClN2O. The Kier molecular flexibility index (Phi) is 8.33. The molecule has 0 fully saturated rings. The molecule has 0 heterocycles. The number of rotatable bonds is 6. The van der Waals surface area contributed by atoms with Gasteiger partial charge in [-0.3, -0.25) is 0 Å². The molecule has 1 aromatic carbocycles. The third-order valence-electron chi connectivity index (χ3n) is 2.09. The lowest BCUT2D eigenvalue weighted by atomic mass is 10.1. The van der Waals surface area contributed by atoms with E-state index in [1.807, 2.05) is 18.2 Å². The van der Waals surface area contributed by atoms with Crippen LogP contribution < -0.4 is 11.1 Å². The van der Waals surface area contributed by atoms with Crippen LogP contribution in [-0.2, 0) is 6.42 Å². The maximum absolute atomic E-state index is 9.17. The van der Waals surface area contributed by atoms with Gasteiger partial charge >= 0.3 is 0 Å². The van der Waals surface area contributed by atoms with Crippen molar-refractivity contribution in [2.45, 2.75) is 12.5 Å². The van der Waals surface area contributed by atoms with E-state index in [1.54, 1.807) is 0 Å². The van der Waals surface area contributed by atoms with Crippen molar-refractivity contribution < 1.29 is 5.11 Å². The highest BCUT2D eigenvalue weighted by Gasteiger charge is 1.98. The van der Waals surface area contributed by atoms with Crippen LogP contribution in [0, 0.1) is 0 Å². The Bertz CT molecular complexity index is 244. The number of benzene rings is 1. The molecule has 86 valence electrons. The maximum atomic E-state index is 9.17. The second-order valence-electron chi connectivity index (χ2n) is 3.33. The Morgan fingerprint density at radius 1 is 1.27 bits per heavy atom. The zero-order valence-corrected chi connectivity index (χ0v) is 9.54. The number of halogens is 1. The maximum Gasteiger partial charge on any atom is 0.0786 e. The van der Waals surface area contributed by atoms with E-state index in [0.717, 1.165) is 13.0 Å². The molecule has 0 bridgehead atoms. The topological polar surface area (TPSA) is 58.3 Å². The first-order valence-electron chi connectivity index (χ1n) is 4.95. The Hall–Kier alpha value is -0.610. The molecule has 15 heavy (non-hydrogen) atoms. The van der Waals surface area contributed by atoms with Crippen molar-refractivity contribution in [2.24, 2.45) is 5.73 Å². The van der Waals surface area contributed by atoms with Crippen LogP contribution in [0.3, 0.4) is 0 Å². The van der Waals surface area contributed by atoms with Crippen molar-refractivity contribution in [1.82, 2.24) is 5.32 Å². The number of nitrogens with one attached hydrogen (secondary N) is 1. The van der Waals surface area contributed by atoms with Crippen LogP contribution in [0.4, 0.5) is 0 Å². The van der Waals surface area contributed by atoms with Gasteiger partial charge in [0.1, 0.15) is 0 Å². The van der Waals surface area contributed by atoms with Crippen molar-refractivity contribution in [3.63, 3.8) is 0 Å². The Morgan fingerprint density at radius 2 is 1.93 bits per heavy atom. The van der Waals surface area contributed by atoms with Gasteiger partial charge in [-0.25, -0.2) is 0 Å². The smallest absolute Gasteiger partial charge is 0.0786 e. The first kappa shape index (κ1) is 14.4. The van der Waals surface area contributed by atoms with E-state index in [1.165, 1.54) is 5.56 Å². The molecule has 0 aliphatic rings. The summed E-state index contributed by atoms with van der Waals surface area (Å²) in [4.78, 5) is 0. The highest BCUT2D eigenvalue weighted by atomic mass is 35.5. The SMILES string of the molecule is Cl.NCC(O)CNCCc1ccccc1. The monoisotopic (exact) mass is 230 g/mol. The van der Waals surface area contributed by atoms with E-state index in [4.69, 9.17) is 10.8 Å². The van der Waals surface area contributed by atoms with Crippen LogP contribution in [-0.4, -0.2) is 30.8 Å². The zero-order valence-electron chi connectivity index (χ0n) is 8.73. The second-order valence-corrected chi connectivity index (χ2v) is 3.33. The fourth-order valence-corrected chi connectivity index (χ4v) is 1.23. The van der Waals surface area contributed by atoms with Crippen molar-refractivity contribution in [1.29, 1.82) is 0 Å². The quantitative estimate of drug-likeness (QED) is 0.626. The van der Waals surface area contributed by atoms with Crippen LogP contribution in [0.5, 0.6) is 0 Å². The van der Waals surface area contributed by atoms with E-state index in [0.29, 0.717) is 13.1 Å². The molecule has 0 saturated carbocycles. The third-order valence-corrected chi connectivity index (χ3v) is 2.09. The predicted octanol–water partition coefficient (Wildman–Crippen LogP) is 0.560. The molecular weight excluding hydrogens is 212 g/mol. The number of hydrogen-bond acceptors (Lipinski definition) is 3. The summed E-state index contributed by atoms with van der Waals surface area (Å²) in [7, 11) is 0. The minimum Gasteiger partial charge on any atom is -0.390 e. The van der Waals surface area contributed by atoms with Crippen molar-refractivity contribution in [2.75, 3.05) is 19.6 Å². The fraction of sp³-hybridized carbons (Fsp3) is 0.455. The molecule has 0 amide bonds. The summed E-state index contributed by atoms with van der Waals surface area (Å²) in [6.45, 7) is 1.77. The summed E-state index contributed by atoms with van der Waals surface area (Å²) >= 11 is 0. The minimum atomic E-state index is -0.425. The molecule has 0 aliphatic heterocycles. The normalized spacial score (nSPS) is 11.9. The van der Waals surface area contributed by atoms with Crippen molar-refractivity contribution >= 4 is 12.4 Å². The Labute approximate surface area is 97.1 Å². The molecule has 1 rings (SSSR count). The average Bonchev–Trinajstić information content (AvgIpc) is 2.25. The molecule has 1 atom stereocenters. The first-order valence-corrected chi connectivity index (χ1v) is 4.95. The Morgan fingerprint density at radius 3 is 2.53 bits per heavy atom. The molecule has 1 aromatic rings. The second kappa shape index (κ2) is 8.68. The molecule has 0 aliphatic carbocycles. The summed E-state index contributed by atoms with van der Waals surface area (Å²) in [5, 5.41) is 12.3. The van der Waals surface area contributed by atoms with Crippen molar-refractivity contribution in [3.05, 3.63) is 35.9 Å². The molecule has 0 aromatic heterocycles. The standard InChI is InChI=1S/C11H18N2O.ClH/c12-8-11(14)9-13-7-6-10-4-2-1-3-5-10;/h1-5,11,13-14H,6-9,12H2;1H. The Balaban J connectivity index is 0.00000196. The zero-order chi connectivity index (χ0) is 10.2. The van der Waals surface area contributed by atoms with Crippen molar-refractivity contribution in [3.8, 4) is 0 Å². The van der Waals surface area contributed by atoms with Gasteiger partial charge in [0.05, 0.1) is 6.10 Å². The number of hydrogen-bond donors (Lipinski definition) is 3. The minimum absolute atomic E-state index is 0. The van der Waals surface area contributed by atoms with Crippen LogP contribution in [0.2, 0.25) is 0 Å². The molecule has 1 unspecified atom stereocenters. The van der Waals surface area contributed by atoms with Gasteiger partial charge in [0.25, 0.3) is 0 Å². The van der Waals surface area contributed by atoms with Crippen LogP contribution >= 0.6 is 12.4 Å². The molecule has 4 heteroatoms. The predicted molar refractivity (Wildman–Crippen MR) is 65.3 cm³/mol. The van der Waals surface area contributed by atoms with Crippen LogP contribution in [0.15, 0.2) is 30.3 Å². The van der Waals surface area contributed by atoms with Gasteiger partial charge in [0.15, 0.2) is 0 Å². The summed E-state index contributed by atoms with van der Waals surface area (Å²) in [6, 6.07) is 10.3. The van der Waals surface area contributed by atoms with E-state index >= 15 is 0 Å². The average molecular weight is 231 g/mol. The summed E-state index contributed by atoms with van der Waals surface area (Å²) in [6.07, 6.45) is 0.559. The summed E-state index contributed by atoms with van der Waals surface area (Å²) in [5.74, 6) is 0. The molecule has 0 spiro atoms. The number of aliphatic hydroxyl groups is 1. The number of aliphatic hydroxyl groups excluding tert-OH is 1. The van der Waals surface area contributed by atoms with Gasteiger partial charge in [-0.2, -0.15) is 0 Å². The largest absolute Gasteiger partial charge is 0.390 e. The van der Waals surface area contributed by atoms with Gasteiger partial charge in [0.2, 0.25) is 0 Å². The summed E-state index contributed by atoms with van der Waals surface area (Å²) in [5.41, 5.74) is 6.58. The third kappa shape index (κ3) is 6.47. The lowest BCUT2D eigenvalue weighted by molar-refractivity contribution is 0.180. The van der Waals surface area contributed by atoms with E-state index in [-0.39, 0.29) is 12.4 Å². The van der Waals surface area contributed by atoms with Gasteiger partial charge in [-0.05, 0) is 18.5 Å². The van der Waals surface area contributed by atoms with Crippen LogP contribution in [0.25, 0.3) is 0 Å². The molecule has 3 nitrogen and oxygen atoms in total. The van der Waals surface area contributed by atoms with Gasteiger partial charge in [-0.15, -0.1) is 12.4 Å². The van der Waals surface area contributed by atoms with E-state index in [9.17, 15) is 0 Å². The van der Waals surface area contributed by atoms with E-state index < -0.39 is 6.10 Å². The number of nitrogens with two attached hydrogens (primary N) is 1. The lowest BCUT2D eigenvalue weighted by Crippen LogP contribution is -2.33. The van der Waals surface area contributed by atoms with Gasteiger partial charge < -0.3 is 16.2 Å². The van der Waals surface area contributed by atoms with Crippen LogP contribution in [0.1, 0.15) is 5.56 Å². The molecule has 0 radical (unpaired) electrons. The lowest BCUT2D eigenvalue weighted by Gasteiger charge is -2.08.